The van der Waals surface area contributed by atoms with Gasteiger partial charge in [-0.05, 0) is 50.2 Å². The lowest BCUT2D eigenvalue weighted by Gasteiger charge is -2.21. The fraction of sp³-hybridized carbons (Fsp3) is 0.263. The Morgan fingerprint density at radius 3 is 2.12 bits per heavy atom. The smallest absolute Gasteiger partial charge is 0.233 e. The topological polar surface area (TPSA) is 61.4 Å². The molecule has 0 fully saturated rings. The summed E-state index contributed by atoms with van der Waals surface area (Å²) < 4.78 is 13.5. The summed E-state index contributed by atoms with van der Waals surface area (Å²) in [6.45, 7) is 5.96. The van der Waals surface area contributed by atoms with Crippen LogP contribution >= 0.6 is 0 Å². The number of rotatable bonds is 7. The van der Waals surface area contributed by atoms with Gasteiger partial charge in [-0.1, -0.05) is 12.1 Å². The van der Waals surface area contributed by atoms with Gasteiger partial charge in [0.2, 0.25) is 11.8 Å². The van der Waals surface area contributed by atoms with E-state index < -0.39 is 17.6 Å². The quantitative estimate of drug-likeness (QED) is 0.755. The van der Waals surface area contributed by atoms with E-state index in [0.717, 1.165) is 18.8 Å². The molecule has 0 radical (unpaired) electrons. The van der Waals surface area contributed by atoms with Gasteiger partial charge in [-0.15, -0.1) is 0 Å². The van der Waals surface area contributed by atoms with Gasteiger partial charge >= 0.3 is 0 Å². The van der Waals surface area contributed by atoms with Crippen molar-refractivity contribution < 1.29 is 14.0 Å². The minimum Gasteiger partial charge on any atom is -0.372 e. The van der Waals surface area contributed by atoms with Crippen molar-refractivity contribution in [1.82, 2.24) is 0 Å². The number of hydrogen-bond acceptors (Lipinski definition) is 3. The molecule has 0 unspecified atom stereocenters. The minimum absolute atomic E-state index is 0.0591. The maximum Gasteiger partial charge on any atom is 0.233 e. The molecule has 132 valence electrons. The third kappa shape index (κ3) is 5.31. The van der Waals surface area contributed by atoms with Gasteiger partial charge in [0.15, 0.2) is 0 Å². The van der Waals surface area contributed by atoms with Crippen molar-refractivity contribution in [3.8, 4) is 0 Å². The minimum atomic E-state index is -0.567. The molecule has 0 atom stereocenters. The van der Waals surface area contributed by atoms with Crippen molar-refractivity contribution in [2.24, 2.45) is 0 Å². The number of hydrogen-bond donors (Lipinski definition) is 2. The number of amides is 2. The monoisotopic (exact) mass is 343 g/mol. The highest BCUT2D eigenvalue weighted by molar-refractivity contribution is 6.08. The highest BCUT2D eigenvalue weighted by Gasteiger charge is 2.12. The van der Waals surface area contributed by atoms with Crippen LogP contribution in [-0.2, 0) is 9.59 Å². The van der Waals surface area contributed by atoms with Crippen LogP contribution in [-0.4, -0.2) is 24.9 Å². The molecule has 2 aromatic carbocycles. The summed E-state index contributed by atoms with van der Waals surface area (Å²) in [5.74, 6) is -1.56. The van der Waals surface area contributed by atoms with Gasteiger partial charge in [-0.3, -0.25) is 9.59 Å². The Morgan fingerprint density at radius 2 is 1.52 bits per heavy atom. The number of carbonyl (C=O) groups excluding carboxylic acids is 2. The Hall–Kier alpha value is -2.89. The summed E-state index contributed by atoms with van der Waals surface area (Å²) in [5.41, 5.74) is 1.74. The number of nitrogens with one attached hydrogen (secondary N) is 2. The van der Waals surface area contributed by atoms with Crippen molar-refractivity contribution in [3.63, 3.8) is 0 Å². The van der Waals surface area contributed by atoms with E-state index >= 15 is 0 Å². The van der Waals surface area contributed by atoms with Crippen LogP contribution in [0.5, 0.6) is 0 Å². The van der Waals surface area contributed by atoms with Crippen molar-refractivity contribution in [3.05, 3.63) is 54.3 Å². The van der Waals surface area contributed by atoms with Gasteiger partial charge in [0, 0.05) is 24.5 Å². The Balaban J connectivity index is 1.89. The number of nitrogens with zero attached hydrogens (tertiary/aromatic N) is 1. The van der Waals surface area contributed by atoms with E-state index in [1.165, 1.54) is 18.2 Å². The molecule has 0 aliphatic heterocycles. The molecule has 0 aromatic heterocycles. The van der Waals surface area contributed by atoms with Crippen LogP contribution in [0, 0.1) is 5.82 Å². The normalized spacial score (nSPS) is 10.2. The summed E-state index contributed by atoms with van der Waals surface area (Å²) in [6.07, 6.45) is -0.383. The van der Waals surface area contributed by atoms with Gasteiger partial charge in [0.1, 0.15) is 12.2 Å². The Labute approximate surface area is 146 Å². The van der Waals surface area contributed by atoms with E-state index in [1.807, 2.05) is 12.1 Å². The largest absolute Gasteiger partial charge is 0.372 e. The molecular weight excluding hydrogens is 321 g/mol. The first kappa shape index (κ1) is 18.4. The predicted octanol–water partition coefficient (Wildman–Crippen LogP) is 3.64. The number of carbonyl (C=O) groups is 2. The maximum absolute atomic E-state index is 13.5. The summed E-state index contributed by atoms with van der Waals surface area (Å²) in [6, 6.07) is 13.2. The standard InChI is InChI=1S/C19H22FN3O2/c1-3-23(4-2)15-11-9-14(10-12-15)21-18(24)13-19(25)22-17-8-6-5-7-16(17)20/h5-12H,3-4,13H2,1-2H3,(H,21,24)(H,22,25). The van der Waals surface area contributed by atoms with Gasteiger partial charge in [-0.2, -0.15) is 0 Å². The van der Waals surface area contributed by atoms with Crippen molar-refractivity contribution in [1.29, 1.82) is 0 Å². The SMILES string of the molecule is CCN(CC)c1ccc(NC(=O)CC(=O)Nc2ccccc2F)cc1. The van der Waals surface area contributed by atoms with Crippen molar-refractivity contribution >= 4 is 28.9 Å². The van der Waals surface area contributed by atoms with Crippen molar-refractivity contribution in [2.75, 3.05) is 28.6 Å². The number of benzene rings is 2. The van der Waals surface area contributed by atoms with E-state index in [-0.39, 0.29) is 12.1 Å². The van der Waals surface area contributed by atoms with Crippen LogP contribution in [0.3, 0.4) is 0 Å². The molecule has 2 aromatic rings. The lowest BCUT2D eigenvalue weighted by molar-refractivity contribution is -0.123. The molecule has 0 heterocycles. The first-order valence-corrected chi connectivity index (χ1v) is 8.22. The average Bonchev–Trinajstić information content (AvgIpc) is 2.59. The Bertz CT molecular complexity index is 728. The molecule has 0 saturated carbocycles. The molecule has 0 aliphatic rings. The zero-order chi connectivity index (χ0) is 18.2. The van der Waals surface area contributed by atoms with Crippen LogP contribution in [0.4, 0.5) is 21.5 Å². The molecule has 0 bridgehead atoms. The summed E-state index contributed by atoms with van der Waals surface area (Å²) in [7, 11) is 0. The maximum atomic E-state index is 13.5. The molecule has 6 heteroatoms. The van der Waals surface area contributed by atoms with E-state index in [1.54, 1.807) is 18.2 Å². The molecule has 5 nitrogen and oxygen atoms in total. The van der Waals surface area contributed by atoms with Crippen LogP contribution in [0.2, 0.25) is 0 Å². The van der Waals surface area contributed by atoms with E-state index in [9.17, 15) is 14.0 Å². The highest BCUT2D eigenvalue weighted by atomic mass is 19.1. The zero-order valence-electron chi connectivity index (χ0n) is 14.4. The fourth-order valence-corrected chi connectivity index (χ4v) is 2.45. The third-order valence-electron chi connectivity index (χ3n) is 3.75. The molecule has 2 amide bonds. The number of halogens is 1. The lowest BCUT2D eigenvalue weighted by atomic mass is 10.2. The molecule has 2 N–H and O–H groups in total. The second kappa shape index (κ2) is 8.82. The second-order valence-electron chi connectivity index (χ2n) is 5.47. The predicted molar refractivity (Wildman–Crippen MR) is 98.3 cm³/mol. The molecule has 0 spiro atoms. The summed E-state index contributed by atoms with van der Waals surface area (Å²) in [5, 5.41) is 5.05. The second-order valence-corrected chi connectivity index (χ2v) is 5.47. The van der Waals surface area contributed by atoms with Gasteiger partial charge in [-0.25, -0.2) is 4.39 Å². The van der Waals surface area contributed by atoms with Crippen LogP contribution in [0.25, 0.3) is 0 Å². The summed E-state index contributed by atoms with van der Waals surface area (Å²) in [4.78, 5) is 26.0. The zero-order valence-corrected chi connectivity index (χ0v) is 14.4. The van der Waals surface area contributed by atoms with Gasteiger partial charge in [0.25, 0.3) is 0 Å². The number of para-hydroxylation sites is 1. The first-order chi connectivity index (χ1) is 12.0. The average molecular weight is 343 g/mol. The van der Waals surface area contributed by atoms with Gasteiger partial charge in [0.05, 0.1) is 5.69 Å². The highest BCUT2D eigenvalue weighted by Crippen LogP contribution is 2.18. The van der Waals surface area contributed by atoms with Crippen LogP contribution in [0.1, 0.15) is 20.3 Å². The third-order valence-corrected chi connectivity index (χ3v) is 3.75. The molecule has 25 heavy (non-hydrogen) atoms. The first-order valence-electron chi connectivity index (χ1n) is 8.22. The fourth-order valence-electron chi connectivity index (χ4n) is 2.45. The number of anilines is 3. The lowest BCUT2D eigenvalue weighted by Crippen LogP contribution is -2.22. The Kier molecular flexibility index (Phi) is 6.51. The van der Waals surface area contributed by atoms with Crippen LogP contribution in [0.15, 0.2) is 48.5 Å². The van der Waals surface area contributed by atoms with E-state index in [4.69, 9.17) is 0 Å². The summed E-state index contributed by atoms with van der Waals surface area (Å²) >= 11 is 0. The molecule has 0 aliphatic carbocycles. The molecular formula is C19H22FN3O2. The Morgan fingerprint density at radius 1 is 0.920 bits per heavy atom. The van der Waals surface area contributed by atoms with Crippen molar-refractivity contribution in [2.45, 2.75) is 20.3 Å². The molecule has 2 rings (SSSR count). The van der Waals surface area contributed by atoms with Gasteiger partial charge < -0.3 is 15.5 Å². The van der Waals surface area contributed by atoms with Crippen LogP contribution < -0.4 is 15.5 Å². The van der Waals surface area contributed by atoms with E-state index in [0.29, 0.717) is 5.69 Å². The molecule has 0 saturated heterocycles. The van der Waals surface area contributed by atoms with E-state index in [2.05, 4.69) is 29.4 Å².